The van der Waals surface area contributed by atoms with Crippen molar-refractivity contribution in [1.82, 2.24) is 20.1 Å². The van der Waals surface area contributed by atoms with Gasteiger partial charge in [-0.2, -0.15) is 5.10 Å². The highest BCUT2D eigenvalue weighted by Crippen LogP contribution is 2.29. The van der Waals surface area contributed by atoms with E-state index in [1.165, 1.54) is 18.4 Å². The maximum absolute atomic E-state index is 4.50. The first kappa shape index (κ1) is 12.7. The first-order chi connectivity index (χ1) is 9.22. The maximum Gasteiger partial charge on any atom is 0.107 e. The zero-order valence-corrected chi connectivity index (χ0v) is 12.1. The molecular formula is C14H18N4S. The molecule has 0 radical (unpaired) electrons. The van der Waals surface area contributed by atoms with Crippen LogP contribution in [0.2, 0.25) is 0 Å². The predicted octanol–water partition coefficient (Wildman–Crippen LogP) is 2.53. The average Bonchev–Trinajstić information content (AvgIpc) is 3.15. The molecule has 100 valence electrons. The van der Waals surface area contributed by atoms with Gasteiger partial charge >= 0.3 is 0 Å². The molecule has 0 bridgehead atoms. The van der Waals surface area contributed by atoms with E-state index in [9.17, 15) is 0 Å². The molecule has 0 unspecified atom stereocenters. The van der Waals surface area contributed by atoms with Crippen LogP contribution in [0.4, 0.5) is 0 Å². The minimum Gasteiger partial charge on any atom is -0.310 e. The third-order valence-corrected chi connectivity index (χ3v) is 4.32. The summed E-state index contributed by atoms with van der Waals surface area (Å²) in [5.41, 5.74) is 2.30. The maximum atomic E-state index is 4.50. The molecule has 0 aliphatic heterocycles. The van der Waals surface area contributed by atoms with Gasteiger partial charge in [-0.1, -0.05) is 17.8 Å². The molecule has 2 aromatic rings. The van der Waals surface area contributed by atoms with Crippen LogP contribution in [0.3, 0.4) is 0 Å². The summed E-state index contributed by atoms with van der Waals surface area (Å²) in [4.78, 5) is 4.50. The molecule has 0 atom stereocenters. The highest BCUT2D eigenvalue weighted by molar-refractivity contribution is 7.99. The van der Waals surface area contributed by atoms with E-state index < -0.39 is 0 Å². The monoisotopic (exact) mass is 274 g/mol. The van der Waals surface area contributed by atoms with Gasteiger partial charge in [0.2, 0.25) is 0 Å². The summed E-state index contributed by atoms with van der Waals surface area (Å²) in [5, 5.41) is 10.1. The van der Waals surface area contributed by atoms with E-state index in [0.717, 1.165) is 28.3 Å². The van der Waals surface area contributed by atoms with Crippen LogP contribution in [0.5, 0.6) is 0 Å². The number of hydrogen-bond acceptors (Lipinski definition) is 4. The Hall–Kier alpha value is -1.33. The Morgan fingerprint density at radius 1 is 1.47 bits per heavy atom. The molecule has 1 N–H and O–H groups in total. The second-order valence-electron chi connectivity index (χ2n) is 4.97. The van der Waals surface area contributed by atoms with E-state index in [1.807, 2.05) is 30.9 Å². The fraction of sp³-hybridized carbons (Fsp3) is 0.429. The van der Waals surface area contributed by atoms with Gasteiger partial charge in [0.1, 0.15) is 10.1 Å². The SMILES string of the molecule is Cc1cc(Sc2ncccc2CNC2CC2)n(C)n1. The molecule has 1 saturated carbocycles. The Morgan fingerprint density at radius 2 is 2.32 bits per heavy atom. The van der Waals surface area contributed by atoms with Crippen molar-refractivity contribution >= 4 is 11.8 Å². The molecular weight excluding hydrogens is 256 g/mol. The highest BCUT2D eigenvalue weighted by atomic mass is 32.2. The zero-order chi connectivity index (χ0) is 13.2. The number of nitrogens with one attached hydrogen (secondary N) is 1. The van der Waals surface area contributed by atoms with Crippen molar-refractivity contribution in [3.8, 4) is 0 Å². The van der Waals surface area contributed by atoms with E-state index in [2.05, 4.69) is 27.5 Å². The van der Waals surface area contributed by atoms with Crippen LogP contribution < -0.4 is 5.32 Å². The summed E-state index contributed by atoms with van der Waals surface area (Å²) in [6.07, 6.45) is 4.47. The van der Waals surface area contributed by atoms with E-state index in [-0.39, 0.29) is 0 Å². The van der Waals surface area contributed by atoms with Crippen molar-refractivity contribution < 1.29 is 0 Å². The summed E-state index contributed by atoms with van der Waals surface area (Å²) in [6, 6.07) is 6.96. The topological polar surface area (TPSA) is 42.7 Å². The molecule has 1 fully saturated rings. The minimum atomic E-state index is 0.719. The molecule has 1 aliphatic rings. The Bertz CT molecular complexity index is 575. The van der Waals surface area contributed by atoms with Gasteiger partial charge in [-0.3, -0.25) is 4.68 Å². The molecule has 4 nitrogen and oxygen atoms in total. The van der Waals surface area contributed by atoms with Crippen molar-refractivity contribution in [2.45, 2.75) is 42.4 Å². The van der Waals surface area contributed by atoms with Gasteiger partial charge in [-0.25, -0.2) is 4.98 Å². The number of pyridine rings is 1. The van der Waals surface area contributed by atoms with Gasteiger partial charge < -0.3 is 5.32 Å². The van der Waals surface area contributed by atoms with Gasteiger partial charge in [0.05, 0.1) is 5.69 Å². The molecule has 0 amide bonds. The average molecular weight is 274 g/mol. The summed E-state index contributed by atoms with van der Waals surface area (Å²) in [6.45, 7) is 2.91. The third-order valence-electron chi connectivity index (χ3n) is 3.17. The van der Waals surface area contributed by atoms with Gasteiger partial charge in [-0.15, -0.1) is 0 Å². The lowest BCUT2D eigenvalue weighted by Crippen LogP contribution is -2.16. The first-order valence-electron chi connectivity index (χ1n) is 6.58. The number of aryl methyl sites for hydroxylation is 2. The predicted molar refractivity (Wildman–Crippen MR) is 76.2 cm³/mol. The third kappa shape index (κ3) is 3.16. The van der Waals surface area contributed by atoms with Gasteiger partial charge in [0.15, 0.2) is 0 Å². The van der Waals surface area contributed by atoms with E-state index >= 15 is 0 Å². The standard InChI is InChI=1S/C14H18N4S/c1-10-8-13(18(2)17-10)19-14-11(4-3-7-15-14)9-16-12-5-6-12/h3-4,7-8,12,16H,5-6,9H2,1-2H3. The summed E-state index contributed by atoms with van der Waals surface area (Å²) in [5.74, 6) is 0. The molecule has 2 aromatic heterocycles. The Morgan fingerprint density at radius 3 is 3.00 bits per heavy atom. The second kappa shape index (κ2) is 5.35. The number of nitrogens with zero attached hydrogens (tertiary/aromatic N) is 3. The minimum absolute atomic E-state index is 0.719. The number of aromatic nitrogens is 3. The smallest absolute Gasteiger partial charge is 0.107 e. The van der Waals surface area contributed by atoms with Crippen LogP contribution in [-0.2, 0) is 13.6 Å². The fourth-order valence-corrected chi connectivity index (χ4v) is 2.96. The van der Waals surface area contributed by atoms with Gasteiger partial charge in [0.25, 0.3) is 0 Å². The zero-order valence-electron chi connectivity index (χ0n) is 11.3. The van der Waals surface area contributed by atoms with E-state index in [0.29, 0.717) is 0 Å². The van der Waals surface area contributed by atoms with E-state index in [1.54, 1.807) is 11.8 Å². The Labute approximate surface area is 117 Å². The Balaban J connectivity index is 1.77. The highest BCUT2D eigenvalue weighted by Gasteiger charge is 2.20. The molecule has 1 aliphatic carbocycles. The van der Waals surface area contributed by atoms with Crippen LogP contribution in [0.1, 0.15) is 24.1 Å². The van der Waals surface area contributed by atoms with Crippen molar-refractivity contribution in [3.05, 3.63) is 35.7 Å². The van der Waals surface area contributed by atoms with E-state index in [4.69, 9.17) is 0 Å². The summed E-state index contributed by atoms with van der Waals surface area (Å²) >= 11 is 1.68. The van der Waals surface area contributed by atoms with Gasteiger partial charge in [-0.05, 0) is 37.5 Å². The molecule has 0 saturated heterocycles. The lowest BCUT2D eigenvalue weighted by atomic mass is 10.3. The number of rotatable bonds is 5. The van der Waals surface area contributed by atoms with Crippen LogP contribution >= 0.6 is 11.8 Å². The van der Waals surface area contributed by atoms with Crippen molar-refractivity contribution in [1.29, 1.82) is 0 Å². The molecule has 0 aromatic carbocycles. The van der Waals surface area contributed by atoms with Crippen LogP contribution in [-0.4, -0.2) is 20.8 Å². The molecule has 2 heterocycles. The lowest BCUT2D eigenvalue weighted by molar-refractivity contribution is 0.672. The quantitative estimate of drug-likeness (QED) is 0.910. The van der Waals surface area contributed by atoms with Crippen LogP contribution in [0, 0.1) is 6.92 Å². The molecule has 19 heavy (non-hydrogen) atoms. The molecule has 3 rings (SSSR count). The lowest BCUT2D eigenvalue weighted by Gasteiger charge is -2.08. The summed E-state index contributed by atoms with van der Waals surface area (Å²) < 4.78 is 1.91. The van der Waals surface area contributed by atoms with Gasteiger partial charge in [0, 0.05) is 25.8 Å². The summed E-state index contributed by atoms with van der Waals surface area (Å²) in [7, 11) is 1.97. The largest absolute Gasteiger partial charge is 0.310 e. The fourth-order valence-electron chi connectivity index (χ4n) is 1.97. The Kier molecular flexibility index (Phi) is 3.57. The van der Waals surface area contributed by atoms with Crippen LogP contribution in [0.15, 0.2) is 34.4 Å². The first-order valence-corrected chi connectivity index (χ1v) is 7.40. The van der Waals surface area contributed by atoms with Crippen LogP contribution in [0.25, 0.3) is 0 Å². The second-order valence-corrected chi connectivity index (χ2v) is 5.98. The molecule has 0 spiro atoms. The van der Waals surface area contributed by atoms with Crippen molar-refractivity contribution in [2.75, 3.05) is 0 Å². The molecule has 5 heteroatoms. The normalized spacial score (nSPS) is 14.8. The van der Waals surface area contributed by atoms with Crippen molar-refractivity contribution in [3.63, 3.8) is 0 Å². The van der Waals surface area contributed by atoms with Crippen molar-refractivity contribution in [2.24, 2.45) is 7.05 Å². The number of hydrogen-bond donors (Lipinski definition) is 1.